The van der Waals surface area contributed by atoms with Gasteiger partial charge in [0.25, 0.3) is 0 Å². The van der Waals surface area contributed by atoms with E-state index in [2.05, 4.69) is 9.82 Å². The van der Waals surface area contributed by atoms with Crippen LogP contribution in [-0.4, -0.2) is 23.7 Å². The number of rotatable bonds is 4. The summed E-state index contributed by atoms with van der Waals surface area (Å²) in [5, 5.41) is 4.54. The molecule has 1 aromatic heterocycles. The van der Waals surface area contributed by atoms with Crippen LogP contribution < -0.4 is 4.72 Å². The Balaban J connectivity index is 1.50. The summed E-state index contributed by atoms with van der Waals surface area (Å²) in [4.78, 5) is 0.349. The Hall–Kier alpha value is -1.66. The highest BCUT2D eigenvalue weighted by molar-refractivity contribution is 7.89. The van der Waals surface area contributed by atoms with E-state index in [0.717, 1.165) is 24.9 Å². The maximum absolute atomic E-state index is 13.4. The highest BCUT2D eigenvalue weighted by Crippen LogP contribution is 2.56. The van der Waals surface area contributed by atoms with Crippen LogP contribution in [0.25, 0.3) is 5.69 Å². The van der Waals surface area contributed by atoms with Gasteiger partial charge in [-0.3, -0.25) is 0 Å². The van der Waals surface area contributed by atoms with Crippen molar-refractivity contribution in [3.63, 3.8) is 0 Å². The van der Waals surface area contributed by atoms with Crippen LogP contribution in [0.2, 0.25) is 0 Å². The lowest BCUT2D eigenvalue weighted by atomic mass is 9.53. The first-order valence-electron chi connectivity index (χ1n) is 10.0. The van der Waals surface area contributed by atoms with Crippen LogP contribution in [0.5, 0.6) is 0 Å². The summed E-state index contributed by atoms with van der Waals surface area (Å²) in [6, 6.07) is 9.72. The second-order valence-electron chi connectivity index (χ2n) is 9.05. The molecule has 6 heteroatoms. The number of nitrogens with zero attached hydrogens (tertiary/aromatic N) is 2. The summed E-state index contributed by atoms with van der Waals surface area (Å²) in [5.41, 5.74) is 1.89. The summed E-state index contributed by atoms with van der Waals surface area (Å²) >= 11 is 0. The average molecular weight is 386 g/mol. The van der Waals surface area contributed by atoms with E-state index in [0.29, 0.717) is 34.0 Å². The molecule has 0 spiro atoms. The van der Waals surface area contributed by atoms with Gasteiger partial charge in [-0.2, -0.15) is 5.10 Å². The quantitative estimate of drug-likeness (QED) is 0.872. The molecule has 0 aliphatic heterocycles. The number of aromatic nitrogens is 2. The van der Waals surface area contributed by atoms with Crippen LogP contribution in [0, 0.1) is 31.6 Å². The van der Waals surface area contributed by atoms with Crippen LogP contribution in [0.4, 0.5) is 0 Å². The fourth-order valence-electron chi connectivity index (χ4n) is 6.41. The van der Waals surface area contributed by atoms with E-state index in [1.165, 1.54) is 19.3 Å². The van der Waals surface area contributed by atoms with Crippen molar-refractivity contribution in [2.45, 2.75) is 62.8 Å². The number of sulfonamides is 1. The Bertz CT molecular complexity index is 943. The third-order valence-electron chi connectivity index (χ3n) is 6.88. The van der Waals surface area contributed by atoms with Gasteiger partial charge < -0.3 is 0 Å². The molecule has 0 radical (unpaired) electrons. The van der Waals surface area contributed by atoms with Crippen molar-refractivity contribution in [3.05, 3.63) is 41.7 Å². The van der Waals surface area contributed by atoms with E-state index in [1.807, 2.05) is 37.3 Å². The minimum Gasteiger partial charge on any atom is -0.236 e. The van der Waals surface area contributed by atoms with Gasteiger partial charge >= 0.3 is 0 Å². The Morgan fingerprint density at radius 1 is 1.00 bits per heavy atom. The maximum atomic E-state index is 13.4. The SMILES string of the molecule is Cc1nn(-c2ccccc2)c(C)c1S(=O)(=O)NC12CC3CC(CC(C3)C1)C2. The van der Waals surface area contributed by atoms with Gasteiger partial charge in [0.1, 0.15) is 4.90 Å². The van der Waals surface area contributed by atoms with Gasteiger partial charge in [0, 0.05) is 5.54 Å². The zero-order chi connectivity index (χ0) is 18.8. The number of para-hydroxylation sites is 1. The first kappa shape index (κ1) is 17.4. The van der Waals surface area contributed by atoms with Gasteiger partial charge in [0.05, 0.1) is 17.1 Å². The summed E-state index contributed by atoms with van der Waals surface area (Å²) in [6.45, 7) is 3.64. The molecule has 0 amide bonds. The van der Waals surface area contributed by atoms with Crippen molar-refractivity contribution in [1.82, 2.24) is 14.5 Å². The molecule has 4 aliphatic carbocycles. The lowest BCUT2D eigenvalue weighted by Crippen LogP contribution is -2.59. The number of aryl methyl sites for hydroxylation is 1. The molecule has 4 saturated carbocycles. The lowest BCUT2D eigenvalue weighted by molar-refractivity contribution is -0.00810. The lowest BCUT2D eigenvalue weighted by Gasteiger charge is -2.56. The van der Waals surface area contributed by atoms with Crippen LogP contribution in [0.3, 0.4) is 0 Å². The minimum absolute atomic E-state index is 0.235. The molecule has 27 heavy (non-hydrogen) atoms. The molecule has 1 heterocycles. The summed E-state index contributed by atoms with van der Waals surface area (Å²) in [6.07, 6.45) is 6.90. The molecule has 0 unspecified atom stereocenters. The molecule has 4 aliphatic rings. The predicted molar refractivity (Wildman–Crippen MR) is 104 cm³/mol. The second kappa shape index (κ2) is 5.92. The third-order valence-corrected chi connectivity index (χ3v) is 8.71. The molecule has 4 bridgehead atoms. The third kappa shape index (κ3) is 2.85. The van der Waals surface area contributed by atoms with Crippen molar-refractivity contribution >= 4 is 10.0 Å². The summed E-state index contributed by atoms with van der Waals surface area (Å²) < 4.78 is 31.8. The van der Waals surface area contributed by atoms with Crippen molar-refractivity contribution in [2.24, 2.45) is 17.8 Å². The van der Waals surface area contributed by atoms with E-state index in [1.54, 1.807) is 11.6 Å². The standard InChI is InChI=1S/C21H27N3O2S/c1-14-20(15(2)24(22-14)19-6-4-3-5-7-19)27(25,26)23-21-11-16-8-17(12-21)10-18(9-16)13-21/h3-7,16-18,23H,8-13H2,1-2H3. The molecule has 2 aromatic rings. The average Bonchev–Trinajstić information content (AvgIpc) is 2.88. The first-order chi connectivity index (χ1) is 12.9. The molecule has 144 valence electrons. The molecule has 5 nitrogen and oxygen atoms in total. The van der Waals surface area contributed by atoms with E-state index in [4.69, 9.17) is 0 Å². The molecule has 1 aromatic carbocycles. The van der Waals surface area contributed by atoms with E-state index < -0.39 is 10.0 Å². The second-order valence-corrected chi connectivity index (χ2v) is 10.7. The molecular weight excluding hydrogens is 358 g/mol. The van der Waals surface area contributed by atoms with Gasteiger partial charge in [-0.15, -0.1) is 0 Å². The summed E-state index contributed by atoms with van der Waals surface area (Å²) in [7, 11) is -3.60. The largest absolute Gasteiger partial charge is 0.244 e. The molecule has 1 N–H and O–H groups in total. The Labute approximate surface area is 161 Å². The van der Waals surface area contributed by atoms with Gasteiger partial charge in [-0.25, -0.2) is 17.8 Å². The topological polar surface area (TPSA) is 64.0 Å². The number of hydrogen-bond donors (Lipinski definition) is 1. The number of benzene rings is 1. The predicted octanol–water partition coefficient (Wildman–Crippen LogP) is 3.74. The van der Waals surface area contributed by atoms with Crippen LogP contribution in [0.15, 0.2) is 35.2 Å². The highest BCUT2D eigenvalue weighted by atomic mass is 32.2. The minimum atomic E-state index is -3.60. The van der Waals surface area contributed by atoms with Crippen LogP contribution in [0.1, 0.15) is 49.9 Å². The Morgan fingerprint density at radius 3 is 2.11 bits per heavy atom. The molecule has 6 rings (SSSR count). The number of hydrogen-bond acceptors (Lipinski definition) is 3. The maximum Gasteiger partial charge on any atom is 0.244 e. The Kier molecular flexibility index (Phi) is 3.82. The zero-order valence-electron chi connectivity index (χ0n) is 16.0. The van der Waals surface area contributed by atoms with Gasteiger partial charge in [-0.05, 0) is 82.3 Å². The first-order valence-corrected chi connectivity index (χ1v) is 11.5. The molecular formula is C21H27N3O2S. The monoisotopic (exact) mass is 385 g/mol. The number of nitrogens with one attached hydrogen (secondary N) is 1. The van der Waals surface area contributed by atoms with Gasteiger partial charge in [-0.1, -0.05) is 18.2 Å². The molecule has 0 saturated heterocycles. The van der Waals surface area contributed by atoms with Gasteiger partial charge in [0.2, 0.25) is 10.0 Å². The van der Waals surface area contributed by atoms with Crippen molar-refractivity contribution in [3.8, 4) is 5.69 Å². The van der Waals surface area contributed by atoms with Crippen LogP contribution >= 0.6 is 0 Å². The fourth-order valence-corrected chi connectivity index (χ4v) is 8.24. The normalized spacial score (nSPS) is 32.1. The Morgan fingerprint density at radius 2 is 1.56 bits per heavy atom. The fraction of sp³-hybridized carbons (Fsp3) is 0.571. The van der Waals surface area contributed by atoms with Crippen LogP contribution in [-0.2, 0) is 10.0 Å². The van der Waals surface area contributed by atoms with Gasteiger partial charge in [0.15, 0.2) is 0 Å². The van der Waals surface area contributed by atoms with Crippen molar-refractivity contribution in [1.29, 1.82) is 0 Å². The van der Waals surface area contributed by atoms with Crippen molar-refractivity contribution in [2.75, 3.05) is 0 Å². The summed E-state index contributed by atoms with van der Waals surface area (Å²) in [5.74, 6) is 2.11. The van der Waals surface area contributed by atoms with E-state index in [9.17, 15) is 8.42 Å². The smallest absolute Gasteiger partial charge is 0.236 e. The van der Waals surface area contributed by atoms with Crippen molar-refractivity contribution < 1.29 is 8.42 Å². The molecule has 4 fully saturated rings. The molecule has 0 atom stereocenters. The van der Waals surface area contributed by atoms with E-state index >= 15 is 0 Å². The highest BCUT2D eigenvalue weighted by Gasteiger charge is 2.52. The zero-order valence-corrected chi connectivity index (χ0v) is 16.8. The van der Waals surface area contributed by atoms with E-state index in [-0.39, 0.29) is 5.54 Å².